The first-order chi connectivity index (χ1) is 13.2. The molecule has 144 valence electrons. The normalized spacial score (nSPS) is 22.6. The Bertz CT molecular complexity index is 770. The highest BCUT2D eigenvalue weighted by atomic mass is 19.1. The second-order valence-electron chi connectivity index (χ2n) is 8.04. The van der Waals surface area contributed by atoms with E-state index in [1.807, 2.05) is 21.8 Å². The summed E-state index contributed by atoms with van der Waals surface area (Å²) in [5.41, 5.74) is 0.292. The van der Waals surface area contributed by atoms with E-state index < -0.39 is 5.41 Å². The van der Waals surface area contributed by atoms with Gasteiger partial charge in [-0.25, -0.2) is 4.39 Å². The van der Waals surface area contributed by atoms with Gasteiger partial charge in [-0.1, -0.05) is 36.6 Å². The van der Waals surface area contributed by atoms with Crippen molar-refractivity contribution in [2.24, 2.45) is 5.92 Å². The molecule has 0 spiro atoms. The summed E-state index contributed by atoms with van der Waals surface area (Å²) in [7, 11) is 0. The van der Waals surface area contributed by atoms with Gasteiger partial charge in [-0.2, -0.15) is 0 Å². The maximum atomic E-state index is 13.9. The summed E-state index contributed by atoms with van der Waals surface area (Å²) in [5, 5.41) is 7.93. The van der Waals surface area contributed by atoms with Crippen LogP contribution in [0.3, 0.4) is 0 Å². The minimum Gasteiger partial charge on any atom is -0.342 e. The number of likely N-dealkylation sites (tertiary alicyclic amines) is 1. The van der Waals surface area contributed by atoms with Crippen molar-refractivity contribution in [3.05, 3.63) is 48.0 Å². The molecular formula is C21H27FN4O. The third-order valence-corrected chi connectivity index (χ3v) is 6.22. The molecule has 1 aromatic heterocycles. The smallest absolute Gasteiger partial charge is 0.233 e. The van der Waals surface area contributed by atoms with E-state index in [0.717, 1.165) is 70.1 Å². The zero-order chi connectivity index (χ0) is 18.7. The van der Waals surface area contributed by atoms with Gasteiger partial charge in [0.1, 0.15) is 5.82 Å². The van der Waals surface area contributed by atoms with Gasteiger partial charge in [-0.05, 0) is 49.3 Å². The van der Waals surface area contributed by atoms with E-state index in [4.69, 9.17) is 0 Å². The number of benzene rings is 1. The summed E-state index contributed by atoms with van der Waals surface area (Å²) < 4.78 is 15.8. The molecule has 1 aromatic carbocycles. The zero-order valence-electron chi connectivity index (χ0n) is 15.7. The lowest BCUT2D eigenvalue weighted by Crippen LogP contribution is -2.51. The lowest BCUT2D eigenvalue weighted by molar-refractivity contribution is -0.141. The number of amides is 1. The van der Waals surface area contributed by atoms with Crippen molar-refractivity contribution in [1.29, 1.82) is 0 Å². The maximum Gasteiger partial charge on any atom is 0.233 e. The molecule has 0 N–H and O–H groups in total. The van der Waals surface area contributed by atoms with E-state index in [2.05, 4.69) is 10.3 Å². The fourth-order valence-electron chi connectivity index (χ4n) is 4.86. The Hall–Kier alpha value is -2.24. The van der Waals surface area contributed by atoms with Crippen molar-refractivity contribution in [3.8, 4) is 0 Å². The van der Waals surface area contributed by atoms with Crippen LogP contribution in [-0.2, 0) is 16.8 Å². The molecule has 0 bridgehead atoms. The van der Waals surface area contributed by atoms with Crippen molar-refractivity contribution in [1.82, 2.24) is 19.9 Å². The molecule has 27 heavy (non-hydrogen) atoms. The van der Waals surface area contributed by atoms with Crippen LogP contribution in [0.25, 0.3) is 0 Å². The van der Waals surface area contributed by atoms with E-state index in [1.54, 1.807) is 18.3 Å². The van der Waals surface area contributed by atoms with Crippen LogP contribution in [-0.4, -0.2) is 38.9 Å². The van der Waals surface area contributed by atoms with Crippen molar-refractivity contribution in [2.75, 3.05) is 13.1 Å². The minimum atomic E-state index is -0.560. The minimum absolute atomic E-state index is 0.191. The fraction of sp³-hybridized carbons (Fsp3) is 0.571. The Morgan fingerprint density at radius 3 is 2.81 bits per heavy atom. The number of hydrogen-bond acceptors (Lipinski definition) is 3. The van der Waals surface area contributed by atoms with E-state index in [1.165, 1.54) is 6.07 Å². The summed E-state index contributed by atoms with van der Waals surface area (Å²) in [6.45, 7) is 2.33. The Morgan fingerprint density at radius 2 is 2.07 bits per heavy atom. The van der Waals surface area contributed by atoms with Gasteiger partial charge in [0.05, 0.1) is 11.6 Å². The molecule has 2 heterocycles. The number of hydrogen-bond donors (Lipinski definition) is 0. The second-order valence-corrected chi connectivity index (χ2v) is 8.04. The molecule has 2 aliphatic rings. The van der Waals surface area contributed by atoms with Gasteiger partial charge in [0.15, 0.2) is 0 Å². The summed E-state index contributed by atoms with van der Waals surface area (Å²) >= 11 is 0. The van der Waals surface area contributed by atoms with Crippen LogP contribution in [0.5, 0.6) is 0 Å². The van der Waals surface area contributed by atoms with Crippen LogP contribution in [0.1, 0.15) is 50.5 Å². The molecule has 2 fully saturated rings. The van der Waals surface area contributed by atoms with Crippen LogP contribution < -0.4 is 0 Å². The number of carbonyl (C=O) groups is 1. The van der Waals surface area contributed by atoms with Gasteiger partial charge in [0.2, 0.25) is 5.91 Å². The van der Waals surface area contributed by atoms with Crippen LogP contribution in [0.4, 0.5) is 4.39 Å². The summed E-state index contributed by atoms with van der Waals surface area (Å²) in [6, 6.07) is 6.70. The molecule has 1 aliphatic heterocycles. The molecule has 1 aliphatic carbocycles. The third kappa shape index (κ3) is 3.75. The average Bonchev–Trinajstić information content (AvgIpc) is 3.21. The topological polar surface area (TPSA) is 51.0 Å². The number of piperidine rings is 1. The van der Waals surface area contributed by atoms with E-state index >= 15 is 0 Å². The largest absolute Gasteiger partial charge is 0.342 e. The summed E-state index contributed by atoms with van der Waals surface area (Å²) in [4.78, 5) is 15.7. The van der Waals surface area contributed by atoms with Crippen LogP contribution >= 0.6 is 0 Å². The van der Waals surface area contributed by atoms with Crippen LogP contribution in [0, 0.1) is 11.7 Å². The molecule has 4 rings (SSSR count). The quantitative estimate of drug-likeness (QED) is 0.827. The number of carbonyl (C=O) groups excluding carboxylic acids is 1. The molecule has 1 saturated carbocycles. The van der Waals surface area contributed by atoms with Gasteiger partial charge in [0, 0.05) is 25.8 Å². The predicted octanol–water partition coefficient (Wildman–Crippen LogP) is 3.56. The highest BCUT2D eigenvalue weighted by Gasteiger charge is 2.44. The molecule has 5 nitrogen and oxygen atoms in total. The molecule has 2 aromatic rings. The van der Waals surface area contributed by atoms with Gasteiger partial charge >= 0.3 is 0 Å². The SMILES string of the molecule is O=C(N1CCCC(Cn2ccnn2)C1)C1(c2cccc(F)c2)CCCCC1. The zero-order valence-corrected chi connectivity index (χ0v) is 15.7. The molecule has 1 saturated heterocycles. The molecule has 6 heteroatoms. The summed E-state index contributed by atoms with van der Waals surface area (Å²) in [6.07, 6.45) is 10.5. The van der Waals surface area contributed by atoms with Gasteiger partial charge in [-0.3, -0.25) is 9.48 Å². The Balaban J connectivity index is 1.56. The maximum absolute atomic E-state index is 13.9. The predicted molar refractivity (Wildman–Crippen MR) is 100 cm³/mol. The van der Waals surface area contributed by atoms with Crippen molar-refractivity contribution in [3.63, 3.8) is 0 Å². The first kappa shape index (κ1) is 18.1. The fourth-order valence-corrected chi connectivity index (χ4v) is 4.86. The first-order valence-corrected chi connectivity index (χ1v) is 10.1. The first-order valence-electron chi connectivity index (χ1n) is 10.1. The van der Waals surface area contributed by atoms with Crippen LogP contribution in [0.15, 0.2) is 36.7 Å². The lowest BCUT2D eigenvalue weighted by Gasteiger charge is -2.43. The molecule has 0 radical (unpaired) electrons. The Morgan fingerprint density at radius 1 is 1.22 bits per heavy atom. The molecular weight excluding hydrogens is 343 g/mol. The number of halogens is 1. The highest BCUT2D eigenvalue weighted by molar-refractivity contribution is 5.88. The monoisotopic (exact) mass is 370 g/mol. The number of aromatic nitrogens is 3. The number of nitrogens with zero attached hydrogens (tertiary/aromatic N) is 4. The van der Waals surface area contributed by atoms with E-state index in [-0.39, 0.29) is 11.7 Å². The van der Waals surface area contributed by atoms with Crippen molar-refractivity contribution < 1.29 is 9.18 Å². The summed E-state index contributed by atoms with van der Waals surface area (Å²) in [5.74, 6) is 0.321. The molecule has 1 amide bonds. The molecule has 1 unspecified atom stereocenters. The van der Waals surface area contributed by atoms with Crippen LogP contribution in [0.2, 0.25) is 0 Å². The highest BCUT2D eigenvalue weighted by Crippen LogP contribution is 2.42. The second kappa shape index (κ2) is 7.79. The average molecular weight is 370 g/mol. The standard InChI is InChI=1S/C21H27FN4O/c22-19-8-4-7-18(14-19)21(9-2-1-3-10-21)20(27)25-12-5-6-17(15-25)16-26-13-11-23-24-26/h4,7-8,11,13-14,17H,1-3,5-6,9-10,12,15-16H2. The van der Waals surface area contributed by atoms with Gasteiger partial charge < -0.3 is 4.90 Å². The Labute approximate surface area is 159 Å². The Kier molecular flexibility index (Phi) is 5.23. The van der Waals surface area contributed by atoms with E-state index in [9.17, 15) is 9.18 Å². The van der Waals surface area contributed by atoms with Gasteiger partial charge in [-0.15, -0.1) is 5.10 Å². The van der Waals surface area contributed by atoms with E-state index in [0.29, 0.717) is 5.92 Å². The van der Waals surface area contributed by atoms with Crippen molar-refractivity contribution >= 4 is 5.91 Å². The lowest BCUT2D eigenvalue weighted by atomic mass is 9.68. The number of rotatable bonds is 4. The van der Waals surface area contributed by atoms with Gasteiger partial charge in [0.25, 0.3) is 0 Å². The van der Waals surface area contributed by atoms with Crippen molar-refractivity contribution in [2.45, 2.75) is 56.9 Å². The molecule has 1 atom stereocenters. The third-order valence-electron chi connectivity index (χ3n) is 6.22.